The molecule has 0 saturated heterocycles. The number of nitrogens with one attached hydrogen (secondary N) is 2. The van der Waals surface area contributed by atoms with Crippen LogP contribution in [-0.4, -0.2) is 5.91 Å². The van der Waals surface area contributed by atoms with Crippen LogP contribution >= 0.6 is 39.1 Å². The molecule has 0 spiro atoms. The lowest BCUT2D eigenvalue weighted by Gasteiger charge is -2.12. The maximum Gasteiger partial charge on any atom is 0.228 e. The van der Waals surface area contributed by atoms with Crippen molar-refractivity contribution in [2.24, 2.45) is 0 Å². The van der Waals surface area contributed by atoms with Gasteiger partial charge in [0.05, 0.1) is 17.1 Å². The van der Waals surface area contributed by atoms with Gasteiger partial charge in [0.2, 0.25) is 5.91 Å². The number of benzene rings is 2. The summed E-state index contributed by atoms with van der Waals surface area (Å²) in [6.45, 7) is 0.609. The van der Waals surface area contributed by atoms with E-state index in [4.69, 9.17) is 23.2 Å². The van der Waals surface area contributed by atoms with Gasteiger partial charge in [-0.05, 0) is 35.4 Å². The zero-order valence-electron chi connectivity index (χ0n) is 10.8. The van der Waals surface area contributed by atoms with Crippen molar-refractivity contribution in [1.82, 2.24) is 0 Å². The normalized spacial score (nSPS) is 13.0. The average Bonchev–Trinajstić information content (AvgIpc) is 2.76. The molecule has 0 aromatic heterocycles. The molecule has 0 bridgehead atoms. The quantitative estimate of drug-likeness (QED) is 0.791. The summed E-state index contributed by atoms with van der Waals surface area (Å²) in [5.74, 6) is -0.00124. The van der Waals surface area contributed by atoms with Crippen molar-refractivity contribution in [3.63, 3.8) is 0 Å². The highest BCUT2D eigenvalue weighted by atomic mass is 79.9. The summed E-state index contributed by atoms with van der Waals surface area (Å²) in [4.78, 5) is 11.4. The lowest BCUT2D eigenvalue weighted by atomic mass is 10.1. The van der Waals surface area contributed by atoms with E-state index in [0.717, 1.165) is 27.0 Å². The van der Waals surface area contributed by atoms with E-state index in [0.29, 0.717) is 23.0 Å². The predicted octanol–water partition coefficient (Wildman–Crippen LogP) is 4.86. The van der Waals surface area contributed by atoms with E-state index >= 15 is 0 Å². The van der Waals surface area contributed by atoms with E-state index in [2.05, 4.69) is 26.6 Å². The van der Waals surface area contributed by atoms with Crippen LogP contribution in [0.4, 0.5) is 11.4 Å². The van der Waals surface area contributed by atoms with Crippen LogP contribution in [0.3, 0.4) is 0 Å². The van der Waals surface area contributed by atoms with Crippen LogP contribution < -0.4 is 10.6 Å². The second-order valence-electron chi connectivity index (χ2n) is 4.80. The Morgan fingerprint density at radius 3 is 2.81 bits per heavy atom. The number of carbonyl (C=O) groups excluding carboxylic acids is 1. The SMILES string of the molecule is O=C1Cc2cc(NCc3ccc(Cl)cc3Br)c(Cl)cc2N1. The van der Waals surface area contributed by atoms with E-state index < -0.39 is 0 Å². The van der Waals surface area contributed by atoms with E-state index in [1.165, 1.54) is 0 Å². The first-order chi connectivity index (χ1) is 10.0. The van der Waals surface area contributed by atoms with E-state index in [1.807, 2.05) is 24.3 Å². The van der Waals surface area contributed by atoms with Crippen molar-refractivity contribution in [3.8, 4) is 0 Å². The van der Waals surface area contributed by atoms with E-state index in [1.54, 1.807) is 6.07 Å². The second kappa shape index (κ2) is 5.87. The van der Waals surface area contributed by atoms with Crippen LogP contribution in [0.25, 0.3) is 0 Å². The van der Waals surface area contributed by atoms with Crippen LogP contribution in [0.1, 0.15) is 11.1 Å². The average molecular weight is 386 g/mol. The highest BCUT2D eigenvalue weighted by Gasteiger charge is 2.19. The van der Waals surface area contributed by atoms with Crippen LogP contribution in [-0.2, 0) is 17.8 Å². The molecule has 1 heterocycles. The molecule has 0 radical (unpaired) electrons. The summed E-state index contributed by atoms with van der Waals surface area (Å²) in [7, 11) is 0. The molecule has 3 nitrogen and oxygen atoms in total. The Kier molecular flexibility index (Phi) is 4.11. The van der Waals surface area contributed by atoms with E-state index in [-0.39, 0.29) is 5.91 Å². The van der Waals surface area contributed by atoms with E-state index in [9.17, 15) is 4.79 Å². The van der Waals surface area contributed by atoms with Gasteiger partial charge < -0.3 is 10.6 Å². The molecule has 0 atom stereocenters. The minimum absolute atomic E-state index is 0.00124. The molecule has 0 unspecified atom stereocenters. The molecule has 2 N–H and O–H groups in total. The molecular weight excluding hydrogens is 375 g/mol. The number of hydrogen-bond donors (Lipinski definition) is 2. The third-order valence-electron chi connectivity index (χ3n) is 3.30. The monoisotopic (exact) mass is 384 g/mol. The fourth-order valence-corrected chi connectivity index (χ4v) is 3.29. The number of hydrogen-bond acceptors (Lipinski definition) is 2. The van der Waals surface area contributed by atoms with Gasteiger partial charge in [0.15, 0.2) is 0 Å². The first kappa shape index (κ1) is 14.7. The Morgan fingerprint density at radius 2 is 2.05 bits per heavy atom. The molecule has 1 amide bonds. The lowest BCUT2D eigenvalue weighted by molar-refractivity contribution is -0.115. The summed E-state index contributed by atoms with van der Waals surface area (Å²) in [6.07, 6.45) is 0.395. The second-order valence-corrected chi connectivity index (χ2v) is 6.50. The Bertz CT molecular complexity index is 734. The molecule has 6 heteroatoms. The largest absolute Gasteiger partial charge is 0.380 e. The Labute approximate surface area is 140 Å². The molecule has 21 heavy (non-hydrogen) atoms. The molecular formula is C15H11BrCl2N2O. The molecule has 1 aliphatic rings. The van der Waals surface area contributed by atoms with Crippen LogP contribution in [0.15, 0.2) is 34.8 Å². The van der Waals surface area contributed by atoms with Crippen molar-refractivity contribution in [1.29, 1.82) is 0 Å². The van der Waals surface area contributed by atoms with Crippen molar-refractivity contribution in [2.45, 2.75) is 13.0 Å². The molecule has 3 rings (SSSR count). The molecule has 108 valence electrons. The number of fused-ring (bicyclic) bond motifs is 1. The molecule has 1 aliphatic heterocycles. The number of rotatable bonds is 3. The highest BCUT2D eigenvalue weighted by Crippen LogP contribution is 2.33. The van der Waals surface area contributed by atoms with Crippen molar-refractivity contribution in [3.05, 3.63) is 56.0 Å². The predicted molar refractivity (Wildman–Crippen MR) is 90.3 cm³/mol. The maximum atomic E-state index is 11.4. The number of carbonyl (C=O) groups is 1. The zero-order valence-corrected chi connectivity index (χ0v) is 13.9. The Balaban J connectivity index is 1.79. The van der Waals surface area contributed by atoms with Crippen molar-refractivity contribution in [2.75, 3.05) is 10.6 Å². The van der Waals surface area contributed by atoms with Crippen LogP contribution in [0.2, 0.25) is 10.0 Å². The van der Waals surface area contributed by atoms with Gasteiger partial charge in [0.1, 0.15) is 0 Å². The van der Waals surface area contributed by atoms with Gasteiger partial charge in [-0.2, -0.15) is 0 Å². The van der Waals surface area contributed by atoms with Gasteiger partial charge in [-0.3, -0.25) is 4.79 Å². The van der Waals surface area contributed by atoms with Gasteiger partial charge in [-0.1, -0.05) is 45.2 Å². The summed E-state index contributed by atoms with van der Waals surface area (Å²) in [6, 6.07) is 9.34. The third kappa shape index (κ3) is 3.18. The smallest absolute Gasteiger partial charge is 0.228 e. The van der Waals surface area contributed by atoms with Gasteiger partial charge in [0, 0.05) is 21.7 Å². The van der Waals surface area contributed by atoms with Crippen molar-refractivity contribution < 1.29 is 4.79 Å². The lowest BCUT2D eigenvalue weighted by Crippen LogP contribution is -2.03. The molecule has 0 saturated carbocycles. The topological polar surface area (TPSA) is 41.1 Å². The Hall–Kier alpha value is -1.23. The van der Waals surface area contributed by atoms with Gasteiger partial charge in [-0.25, -0.2) is 0 Å². The first-order valence-electron chi connectivity index (χ1n) is 6.33. The number of amides is 1. The van der Waals surface area contributed by atoms with Crippen LogP contribution in [0.5, 0.6) is 0 Å². The van der Waals surface area contributed by atoms with Crippen molar-refractivity contribution >= 4 is 56.4 Å². The minimum atomic E-state index is -0.00124. The minimum Gasteiger partial charge on any atom is -0.380 e. The maximum absolute atomic E-state index is 11.4. The summed E-state index contributed by atoms with van der Waals surface area (Å²) >= 11 is 15.7. The summed E-state index contributed by atoms with van der Waals surface area (Å²) in [5.41, 5.74) is 3.64. The standard InChI is InChI=1S/C15H11BrCl2N2O/c16-11-5-10(17)2-1-8(11)7-19-14-3-9-4-15(21)20-13(9)6-12(14)18/h1-3,5-6,19H,4,7H2,(H,20,21). The number of halogens is 3. The summed E-state index contributed by atoms with van der Waals surface area (Å²) < 4.78 is 0.941. The fraction of sp³-hybridized carbons (Fsp3) is 0.133. The summed E-state index contributed by atoms with van der Waals surface area (Å²) in [5, 5.41) is 7.34. The number of anilines is 2. The molecule has 0 fully saturated rings. The first-order valence-corrected chi connectivity index (χ1v) is 7.88. The van der Waals surface area contributed by atoms with Gasteiger partial charge >= 0.3 is 0 Å². The van der Waals surface area contributed by atoms with Gasteiger partial charge in [0.25, 0.3) is 0 Å². The van der Waals surface area contributed by atoms with Gasteiger partial charge in [-0.15, -0.1) is 0 Å². The molecule has 2 aromatic rings. The molecule has 0 aliphatic carbocycles. The highest BCUT2D eigenvalue weighted by molar-refractivity contribution is 9.10. The third-order valence-corrected chi connectivity index (χ3v) is 4.59. The van der Waals surface area contributed by atoms with Crippen LogP contribution in [0, 0.1) is 0 Å². The molecule has 2 aromatic carbocycles. The fourth-order valence-electron chi connectivity index (χ4n) is 2.24. The zero-order chi connectivity index (χ0) is 15.0. The Morgan fingerprint density at radius 1 is 1.24 bits per heavy atom.